The largest absolute Gasteiger partial charge is 0.494 e. The number of Topliss-reactive ketones (excluding diaryl/α,β-unsaturated/α-hetero) is 1. The number of nitro benzene ring substituents is 1. The third kappa shape index (κ3) is 3.82. The van der Waals surface area contributed by atoms with Gasteiger partial charge in [-0.2, -0.15) is 0 Å². The fourth-order valence-electron chi connectivity index (χ4n) is 1.99. The third-order valence-corrected chi connectivity index (χ3v) is 3.21. The van der Waals surface area contributed by atoms with E-state index in [1.54, 1.807) is 6.92 Å². The van der Waals surface area contributed by atoms with Crippen LogP contribution in [-0.2, 0) is 0 Å². The molecule has 2 aromatic carbocycles. The van der Waals surface area contributed by atoms with Gasteiger partial charge in [-0.15, -0.1) is 0 Å². The highest BCUT2D eigenvalue weighted by Crippen LogP contribution is 2.23. The second kappa shape index (κ2) is 6.87. The molecule has 120 valence electrons. The van der Waals surface area contributed by atoms with Gasteiger partial charge in [0.15, 0.2) is 24.0 Å². The van der Waals surface area contributed by atoms with Crippen LogP contribution >= 0.6 is 0 Å². The van der Waals surface area contributed by atoms with Crippen molar-refractivity contribution in [2.24, 2.45) is 0 Å². The van der Waals surface area contributed by atoms with Gasteiger partial charge in [0.1, 0.15) is 5.75 Å². The molecule has 0 radical (unpaired) electrons. The average molecular weight is 319 g/mol. The minimum absolute atomic E-state index is 0.0269. The van der Waals surface area contributed by atoms with Gasteiger partial charge < -0.3 is 9.47 Å². The SMILES string of the molecule is COc1ccc(C(=O)COc2ccc([N+](=O)[O-])c(C)c2)cc1F. The van der Waals surface area contributed by atoms with Crippen molar-refractivity contribution < 1.29 is 23.6 Å². The van der Waals surface area contributed by atoms with E-state index >= 15 is 0 Å². The van der Waals surface area contributed by atoms with Crippen molar-refractivity contribution in [3.63, 3.8) is 0 Å². The van der Waals surface area contributed by atoms with Crippen LogP contribution in [0.2, 0.25) is 0 Å². The maximum absolute atomic E-state index is 13.6. The molecule has 0 saturated heterocycles. The lowest BCUT2D eigenvalue weighted by Crippen LogP contribution is -2.12. The Balaban J connectivity index is 2.06. The predicted molar refractivity (Wildman–Crippen MR) is 80.6 cm³/mol. The van der Waals surface area contributed by atoms with Gasteiger partial charge >= 0.3 is 0 Å². The second-order valence-electron chi connectivity index (χ2n) is 4.77. The van der Waals surface area contributed by atoms with E-state index in [9.17, 15) is 19.3 Å². The Morgan fingerprint density at radius 3 is 2.57 bits per heavy atom. The first-order valence-corrected chi connectivity index (χ1v) is 6.67. The molecule has 0 atom stereocenters. The lowest BCUT2D eigenvalue weighted by atomic mass is 10.1. The van der Waals surface area contributed by atoms with Crippen molar-refractivity contribution >= 4 is 11.5 Å². The summed E-state index contributed by atoms with van der Waals surface area (Å²) >= 11 is 0. The van der Waals surface area contributed by atoms with Crippen LogP contribution in [0.1, 0.15) is 15.9 Å². The molecule has 0 heterocycles. The zero-order valence-electron chi connectivity index (χ0n) is 12.5. The smallest absolute Gasteiger partial charge is 0.272 e. The number of benzene rings is 2. The van der Waals surface area contributed by atoms with Gasteiger partial charge in [-0.05, 0) is 37.3 Å². The maximum atomic E-state index is 13.6. The Morgan fingerprint density at radius 2 is 2.00 bits per heavy atom. The number of rotatable bonds is 6. The van der Waals surface area contributed by atoms with Gasteiger partial charge in [-0.1, -0.05) is 0 Å². The lowest BCUT2D eigenvalue weighted by Gasteiger charge is -2.08. The number of ether oxygens (including phenoxy) is 2. The molecule has 0 bridgehead atoms. The molecule has 0 fully saturated rings. The summed E-state index contributed by atoms with van der Waals surface area (Å²) in [4.78, 5) is 22.2. The van der Waals surface area contributed by atoms with Gasteiger partial charge in [-0.3, -0.25) is 14.9 Å². The fraction of sp³-hybridized carbons (Fsp3) is 0.188. The van der Waals surface area contributed by atoms with Crippen molar-refractivity contribution in [1.82, 2.24) is 0 Å². The number of halogens is 1. The highest BCUT2D eigenvalue weighted by Gasteiger charge is 2.13. The second-order valence-corrected chi connectivity index (χ2v) is 4.77. The van der Waals surface area contributed by atoms with E-state index in [-0.39, 0.29) is 23.6 Å². The third-order valence-electron chi connectivity index (χ3n) is 3.21. The zero-order chi connectivity index (χ0) is 17.0. The number of hydrogen-bond acceptors (Lipinski definition) is 5. The van der Waals surface area contributed by atoms with Crippen LogP contribution in [-0.4, -0.2) is 24.4 Å². The number of carbonyl (C=O) groups is 1. The number of carbonyl (C=O) groups excluding carboxylic acids is 1. The van der Waals surface area contributed by atoms with Crippen LogP contribution in [0.5, 0.6) is 11.5 Å². The Hall–Kier alpha value is -2.96. The van der Waals surface area contributed by atoms with Gasteiger partial charge in [0, 0.05) is 17.2 Å². The van der Waals surface area contributed by atoms with Crippen molar-refractivity contribution in [3.05, 3.63) is 63.5 Å². The minimum Gasteiger partial charge on any atom is -0.494 e. The summed E-state index contributed by atoms with van der Waals surface area (Å²) in [6.07, 6.45) is 0. The van der Waals surface area contributed by atoms with Crippen LogP contribution in [0.3, 0.4) is 0 Å². The number of nitro groups is 1. The first kappa shape index (κ1) is 16.4. The fourth-order valence-corrected chi connectivity index (χ4v) is 1.99. The highest BCUT2D eigenvalue weighted by molar-refractivity contribution is 5.97. The van der Waals surface area contributed by atoms with E-state index in [0.717, 1.165) is 6.07 Å². The summed E-state index contributed by atoms with van der Waals surface area (Å²) in [7, 11) is 1.33. The van der Waals surface area contributed by atoms with E-state index in [1.165, 1.54) is 37.4 Å². The monoisotopic (exact) mass is 319 g/mol. The van der Waals surface area contributed by atoms with E-state index in [2.05, 4.69) is 0 Å². The van der Waals surface area contributed by atoms with Gasteiger partial charge in [0.05, 0.1) is 12.0 Å². The van der Waals surface area contributed by atoms with Gasteiger partial charge in [-0.25, -0.2) is 4.39 Å². The van der Waals surface area contributed by atoms with Gasteiger partial charge in [0.2, 0.25) is 0 Å². The van der Waals surface area contributed by atoms with Crippen LogP contribution in [0.25, 0.3) is 0 Å². The van der Waals surface area contributed by atoms with E-state index in [4.69, 9.17) is 9.47 Å². The molecule has 0 amide bonds. The van der Waals surface area contributed by atoms with E-state index in [0.29, 0.717) is 11.3 Å². The van der Waals surface area contributed by atoms with Crippen molar-refractivity contribution in [1.29, 1.82) is 0 Å². The van der Waals surface area contributed by atoms with E-state index < -0.39 is 16.5 Å². The molecule has 2 aromatic rings. The van der Waals surface area contributed by atoms with Crippen molar-refractivity contribution in [3.8, 4) is 11.5 Å². The summed E-state index contributed by atoms with van der Waals surface area (Å²) in [6.45, 7) is 1.27. The molecule has 7 heteroatoms. The number of methoxy groups -OCH3 is 1. The summed E-state index contributed by atoms with van der Waals surface area (Å²) in [5.41, 5.74) is 0.554. The number of ketones is 1. The summed E-state index contributed by atoms with van der Waals surface area (Å²) < 4.78 is 23.7. The Kier molecular flexibility index (Phi) is 4.90. The molecule has 0 saturated carbocycles. The number of hydrogen-bond donors (Lipinski definition) is 0. The van der Waals surface area contributed by atoms with Crippen LogP contribution in [0.4, 0.5) is 10.1 Å². The zero-order valence-corrected chi connectivity index (χ0v) is 12.5. The topological polar surface area (TPSA) is 78.7 Å². The Labute approximate surface area is 131 Å². The molecule has 0 unspecified atom stereocenters. The number of aryl methyl sites for hydroxylation is 1. The molecule has 2 rings (SSSR count). The molecule has 0 aromatic heterocycles. The summed E-state index contributed by atoms with van der Waals surface area (Å²) in [6, 6.07) is 8.06. The van der Waals surface area contributed by atoms with Crippen molar-refractivity contribution in [2.45, 2.75) is 6.92 Å². The summed E-state index contributed by atoms with van der Waals surface area (Å²) in [5.74, 6) is -0.670. The predicted octanol–water partition coefficient (Wildman–Crippen LogP) is 3.31. The molecule has 0 aliphatic carbocycles. The quantitative estimate of drug-likeness (QED) is 0.463. The van der Waals surface area contributed by atoms with Crippen LogP contribution in [0, 0.1) is 22.9 Å². The highest BCUT2D eigenvalue weighted by atomic mass is 19.1. The van der Waals surface area contributed by atoms with Gasteiger partial charge in [0.25, 0.3) is 5.69 Å². The molecule has 0 aliphatic rings. The summed E-state index contributed by atoms with van der Waals surface area (Å²) in [5, 5.41) is 10.7. The molecule has 6 nitrogen and oxygen atoms in total. The molecular formula is C16H14FNO5. The molecule has 23 heavy (non-hydrogen) atoms. The average Bonchev–Trinajstić information content (AvgIpc) is 2.52. The van der Waals surface area contributed by atoms with Crippen molar-refractivity contribution in [2.75, 3.05) is 13.7 Å². The van der Waals surface area contributed by atoms with Crippen LogP contribution in [0.15, 0.2) is 36.4 Å². The first-order valence-electron chi connectivity index (χ1n) is 6.67. The molecular weight excluding hydrogens is 305 g/mol. The molecule has 0 N–H and O–H groups in total. The minimum atomic E-state index is -0.635. The standard InChI is InChI=1S/C16H14FNO5/c1-10-7-12(4-5-14(10)18(20)21)23-9-15(19)11-3-6-16(22-2)13(17)8-11/h3-8H,9H2,1-2H3. The Morgan fingerprint density at radius 1 is 1.26 bits per heavy atom. The van der Waals surface area contributed by atoms with Crippen LogP contribution < -0.4 is 9.47 Å². The lowest BCUT2D eigenvalue weighted by molar-refractivity contribution is -0.385. The first-order chi connectivity index (χ1) is 10.9. The maximum Gasteiger partial charge on any atom is 0.272 e. The number of nitrogens with zero attached hydrogens (tertiary/aromatic N) is 1. The Bertz CT molecular complexity index is 760. The normalized spacial score (nSPS) is 10.2. The van der Waals surface area contributed by atoms with E-state index in [1.807, 2.05) is 0 Å². The molecule has 0 spiro atoms. The molecule has 0 aliphatic heterocycles.